The molecule has 3 aromatic heterocycles. The zero-order valence-electron chi connectivity index (χ0n) is 8.99. The zero-order valence-corrected chi connectivity index (χ0v) is 9.81. The van der Waals surface area contributed by atoms with Crippen LogP contribution in [0.1, 0.15) is 4.88 Å². The van der Waals surface area contributed by atoms with E-state index in [0.717, 1.165) is 10.4 Å². The SMILES string of the molecule is Cc1cc(=O)n2nc(-c3ccncc3)nc2s1. The van der Waals surface area contributed by atoms with E-state index in [0.29, 0.717) is 10.8 Å². The van der Waals surface area contributed by atoms with Gasteiger partial charge in [0.25, 0.3) is 5.56 Å². The minimum Gasteiger partial charge on any atom is -0.267 e. The fourth-order valence-electron chi connectivity index (χ4n) is 1.54. The summed E-state index contributed by atoms with van der Waals surface area (Å²) in [4.78, 5) is 21.5. The molecule has 0 bridgehead atoms. The first kappa shape index (κ1) is 10.1. The molecule has 0 aliphatic carbocycles. The number of aryl methyl sites for hydroxylation is 1. The number of aromatic nitrogens is 4. The fourth-order valence-corrected chi connectivity index (χ4v) is 2.34. The second-order valence-corrected chi connectivity index (χ2v) is 4.77. The Morgan fingerprint density at radius 3 is 2.82 bits per heavy atom. The van der Waals surface area contributed by atoms with Gasteiger partial charge in [-0.3, -0.25) is 9.78 Å². The van der Waals surface area contributed by atoms with E-state index in [9.17, 15) is 4.79 Å². The maximum absolute atomic E-state index is 11.7. The summed E-state index contributed by atoms with van der Waals surface area (Å²) in [7, 11) is 0. The summed E-state index contributed by atoms with van der Waals surface area (Å²) in [6, 6.07) is 5.19. The third kappa shape index (κ3) is 1.72. The Bertz CT molecular complexity index is 732. The van der Waals surface area contributed by atoms with Gasteiger partial charge >= 0.3 is 0 Å². The molecular weight excluding hydrogens is 236 g/mol. The molecule has 0 aliphatic rings. The smallest absolute Gasteiger partial charge is 0.267 e. The standard InChI is InChI=1S/C11H8N4OS/c1-7-6-9(16)15-11(17-7)13-10(14-15)8-2-4-12-5-3-8/h2-6H,1H3. The van der Waals surface area contributed by atoms with E-state index in [1.807, 2.05) is 19.1 Å². The number of fused-ring (bicyclic) bond motifs is 1. The van der Waals surface area contributed by atoms with Crippen LogP contribution in [0.3, 0.4) is 0 Å². The Morgan fingerprint density at radius 1 is 1.29 bits per heavy atom. The molecule has 5 nitrogen and oxygen atoms in total. The largest absolute Gasteiger partial charge is 0.274 e. The minimum absolute atomic E-state index is 0.149. The first-order valence-corrected chi connectivity index (χ1v) is 5.83. The van der Waals surface area contributed by atoms with Gasteiger partial charge in [-0.1, -0.05) is 0 Å². The highest BCUT2D eigenvalue weighted by Crippen LogP contribution is 2.16. The van der Waals surface area contributed by atoms with Crippen molar-refractivity contribution in [1.82, 2.24) is 19.6 Å². The summed E-state index contributed by atoms with van der Waals surface area (Å²) in [5, 5.41) is 4.20. The maximum atomic E-state index is 11.7. The molecule has 17 heavy (non-hydrogen) atoms. The van der Waals surface area contributed by atoms with Crippen molar-refractivity contribution < 1.29 is 0 Å². The van der Waals surface area contributed by atoms with Gasteiger partial charge in [0.2, 0.25) is 4.96 Å². The van der Waals surface area contributed by atoms with E-state index in [4.69, 9.17) is 0 Å². The van der Waals surface area contributed by atoms with Crippen LogP contribution in [0.15, 0.2) is 35.4 Å². The molecule has 0 aromatic carbocycles. The number of rotatable bonds is 1. The van der Waals surface area contributed by atoms with Crippen LogP contribution in [0.4, 0.5) is 0 Å². The van der Waals surface area contributed by atoms with Gasteiger partial charge in [-0.15, -0.1) is 16.4 Å². The van der Waals surface area contributed by atoms with Crippen LogP contribution < -0.4 is 5.56 Å². The topological polar surface area (TPSA) is 60.2 Å². The molecule has 3 rings (SSSR count). The number of nitrogens with zero attached hydrogens (tertiary/aromatic N) is 4. The predicted octanol–water partition coefficient (Wildman–Crippen LogP) is 1.52. The summed E-state index contributed by atoms with van der Waals surface area (Å²) in [5.41, 5.74) is 0.706. The monoisotopic (exact) mass is 244 g/mol. The van der Waals surface area contributed by atoms with Crippen LogP contribution in [0.2, 0.25) is 0 Å². The summed E-state index contributed by atoms with van der Waals surface area (Å²) in [6.07, 6.45) is 3.35. The molecular formula is C11H8N4OS. The average Bonchev–Trinajstić information content (AvgIpc) is 2.74. The average molecular weight is 244 g/mol. The molecule has 84 valence electrons. The van der Waals surface area contributed by atoms with Gasteiger partial charge in [0.1, 0.15) is 0 Å². The van der Waals surface area contributed by atoms with E-state index in [-0.39, 0.29) is 5.56 Å². The molecule has 0 N–H and O–H groups in total. The van der Waals surface area contributed by atoms with Crippen LogP contribution in [-0.2, 0) is 0 Å². The molecule has 0 radical (unpaired) electrons. The van der Waals surface area contributed by atoms with Crippen molar-refractivity contribution >= 4 is 16.3 Å². The van der Waals surface area contributed by atoms with E-state index < -0.39 is 0 Å². The van der Waals surface area contributed by atoms with Gasteiger partial charge in [0, 0.05) is 28.9 Å². The Balaban J connectivity index is 2.28. The van der Waals surface area contributed by atoms with Gasteiger partial charge in [-0.2, -0.15) is 9.50 Å². The molecule has 3 aromatic rings. The molecule has 0 saturated carbocycles. The molecule has 0 atom stereocenters. The lowest BCUT2D eigenvalue weighted by Gasteiger charge is -1.90. The molecule has 0 saturated heterocycles. The van der Waals surface area contributed by atoms with E-state index >= 15 is 0 Å². The highest BCUT2D eigenvalue weighted by molar-refractivity contribution is 7.16. The quantitative estimate of drug-likeness (QED) is 0.651. The van der Waals surface area contributed by atoms with Gasteiger partial charge in [-0.25, -0.2) is 0 Å². The van der Waals surface area contributed by atoms with Crippen molar-refractivity contribution in [1.29, 1.82) is 0 Å². The molecule has 0 aliphatic heterocycles. The number of hydrogen-bond donors (Lipinski definition) is 0. The first-order chi connectivity index (χ1) is 8.24. The molecule has 0 amide bonds. The van der Waals surface area contributed by atoms with Crippen LogP contribution in [-0.4, -0.2) is 19.6 Å². The summed E-state index contributed by atoms with van der Waals surface area (Å²) >= 11 is 1.45. The van der Waals surface area contributed by atoms with Crippen molar-refractivity contribution in [3.63, 3.8) is 0 Å². The molecule has 0 unspecified atom stereocenters. The molecule has 6 heteroatoms. The fraction of sp³-hybridized carbons (Fsp3) is 0.0909. The maximum Gasteiger partial charge on any atom is 0.274 e. The zero-order chi connectivity index (χ0) is 11.8. The van der Waals surface area contributed by atoms with Crippen LogP contribution in [0, 0.1) is 6.92 Å². The van der Waals surface area contributed by atoms with Crippen LogP contribution in [0.5, 0.6) is 0 Å². The first-order valence-electron chi connectivity index (χ1n) is 5.02. The van der Waals surface area contributed by atoms with E-state index in [1.54, 1.807) is 18.5 Å². The number of pyridine rings is 1. The summed E-state index contributed by atoms with van der Waals surface area (Å²) < 4.78 is 1.33. The van der Waals surface area contributed by atoms with Gasteiger partial charge in [0.15, 0.2) is 5.82 Å². The Hall–Kier alpha value is -2.08. The van der Waals surface area contributed by atoms with Crippen molar-refractivity contribution in [2.75, 3.05) is 0 Å². The summed E-state index contributed by atoms with van der Waals surface area (Å²) in [6.45, 7) is 1.88. The third-order valence-corrected chi connectivity index (χ3v) is 3.19. The highest BCUT2D eigenvalue weighted by atomic mass is 32.1. The van der Waals surface area contributed by atoms with Crippen LogP contribution >= 0.6 is 11.3 Å². The lowest BCUT2D eigenvalue weighted by atomic mass is 10.3. The Labute approximate surface area is 100 Å². The van der Waals surface area contributed by atoms with Crippen LogP contribution in [0.25, 0.3) is 16.3 Å². The summed E-state index contributed by atoms with van der Waals surface area (Å²) in [5.74, 6) is 0.548. The van der Waals surface area contributed by atoms with Gasteiger partial charge < -0.3 is 0 Å². The molecule has 3 heterocycles. The van der Waals surface area contributed by atoms with Gasteiger partial charge in [-0.05, 0) is 19.1 Å². The molecule has 0 spiro atoms. The lowest BCUT2D eigenvalue weighted by Crippen LogP contribution is -2.11. The minimum atomic E-state index is -0.149. The highest BCUT2D eigenvalue weighted by Gasteiger charge is 2.08. The Morgan fingerprint density at radius 2 is 2.06 bits per heavy atom. The van der Waals surface area contributed by atoms with Gasteiger partial charge in [0.05, 0.1) is 0 Å². The second-order valence-electron chi connectivity index (χ2n) is 3.56. The number of hydrogen-bond acceptors (Lipinski definition) is 5. The third-order valence-electron chi connectivity index (χ3n) is 2.30. The van der Waals surface area contributed by atoms with Crippen molar-refractivity contribution in [2.24, 2.45) is 0 Å². The predicted molar refractivity (Wildman–Crippen MR) is 65.1 cm³/mol. The van der Waals surface area contributed by atoms with Crippen molar-refractivity contribution in [3.8, 4) is 11.4 Å². The lowest BCUT2D eigenvalue weighted by molar-refractivity contribution is 0.931. The van der Waals surface area contributed by atoms with E-state index in [2.05, 4.69) is 15.1 Å². The normalized spacial score (nSPS) is 10.9. The van der Waals surface area contributed by atoms with Crippen molar-refractivity contribution in [2.45, 2.75) is 6.92 Å². The Kier molecular flexibility index (Phi) is 2.22. The van der Waals surface area contributed by atoms with Crippen molar-refractivity contribution in [3.05, 3.63) is 45.8 Å². The molecule has 0 fully saturated rings. The van der Waals surface area contributed by atoms with E-state index in [1.165, 1.54) is 15.9 Å². The second kappa shape index (κ2) is 3.74.